The molecular weight excluding hydrogens is 306 g/mol. The Bertz CT molecular complexity index is 516. The quantitative estimate of drug-likeness (QED) is 0.783. The van der Waals surface area contributed by atoms with Gasteiger partial charge in [0.1, 0.15) is 11.8 Å². The fourth-order valence-electron chi connectivity index (χ4n) is 2.89. The molecule has 1 fully saturated rings. The van der Waals surface area contributed by atoms with Gasteiger partial charge in [-0.2, -0.15) is 0 Å². The number of nitrogens with zero attached hydrogens (tertiary/aromatic N) is 2. The second kappa shape index (κ2) is 9.49. The molecule has 24 heavy (non-hydrogen) atoms. The molecule has 2 rings (SSSR count). The number of carbonyl (C=O) groups is 1. The van der Waals surface area contributed by atoms with Gasteiger partial charge in [0.05, 0.1) is 13.7 Å². The maximum atomic E-state index is 12.8. The maximum Gasteiger partial charge on any atom is 0.245 e. The summed E-state index contributed by atoms with van der Waals surface area (Å²) in [7, 11) is 3.36. The summed E-state index contributed by atoms with van der Waals surface area (Å²) in [4.78, 5) is 17.1. The summed E-state index contributed by atoms with van der Waals surface area (Å²) in [5.74, 6) is 0.959. The van der Waals surface area contributed by atoms with Crippen LogP contribution in [0, 0.1) is 0 Å². The van der Waals surface area contributed by atoms with Gasteiger partial charge in [-0.15, -0.1) is 0 Å². The monoisotopic (exact) mass is 335 g/mol. The Kier molecular flexibility index (Phi) is 7.34. The van der Waals surface area contributed by atoms with E-state index in [4.69, 9.17) is 9.47 Å². The molecule has 1 aliphatic heterocycles. The highest BCUT2D eigenvalue weighted by Gasteiger charge is 2.26. The molecule has 0 saturated carbocycles. The zero-order valence-electron chi connectivity index (χ0n) is 15.0. The summed E-state index contributed by atoms with van der Waals surface area (Å²) < 4.78 is 10.4. The van der Waals surface area contributed by atoms with Gasteiger partial charge in [-0.25, -0.2) is 0 Å². The molecule has 0 aliphatic carbocycles. The van der Waals surface area contributed by atoms with Crippen molar-refractivity contribution in [3.63, 3.8) is 0 Å². The van der Waals surface area contributed by atoms with Crippen LogP contribution in [0.2, 0.25) is 0 Å². The van der Waals surface area contributed by atoms with E-state index in [9.17, 15) is 4.79 Å². The van der Waals surface area contributed by atoms with Crippen molar-refractivity contribution in [3.05, 3.63) is 24.3 Å². The fraction of sp³-hybridized carbons (Fsp3) is 0.611. The zero-order valence-corrected chi connectivity index (χ0v) is 15.0. The number of anilines is 1. The standard InChI is InChI=1S/C18H29N3O3/c1-4-17(19-15-6-5-7-16(14-15)24-3)18(22)21-10-8-20(9-11-21)12-13-23-2/h5-7,14,17,19H,4,8-13H2,1-3H3. The summed E-state index contributed by atoms with van der Waals surface area (Å²) in [6, 6.07) is 7.49. The second-order valence-electron chi connectivity index (χ2n) is 6.00. The summed E-state index contributed by atoms with van der Waals surface area (Å²) in [5.41, 5.74) is 0.910. The van der Waals surface area contributed by atoms with E-state index in [-0.39, 0.29) is 11.9 Å². The summed E-state index contributed by atoms with van der Waals surface area (Å²) >= 11 is 0. The molecule has 6 nitrogen and oxygen atoms in total. The predicted octanol–water partition coefficient (Wildman–Crippen LogP) is 1.68. The van der Waals surface area contributed by atoms with Gasteiger partial charge >= 0.3 is 0 Å². The second-order valence-corrected chi connectivity index (χ2v) is 6.00. The van der Waals surface area contributed by atoms with E-state index in [1.807, 2.05) is 36.1 Å². The zero-order chi connectivity index (χ0) is 17.4. The average Bonchev–Trinajstić information content (AvgIpc) is 2.64. The van der Waals surface area contributed by atoms with E-state index in [0.29, 0.717) is 0 Å². The molecule has 0 bridgehead atoms. The lowest BCUT2D eigenvalue weighted by Crippen LogP contribution is -2.53. The number of rotatable bonds is 8. The number of ether oxygens (including phenoxy) is 2. The van der Waals surface area contributed by atoms with Crippen LogP contribution in [0.15, 0.2) is 24.3 Å². The lowest BCUT2D eigenvalue weighted by atomic mass is 10.1. The van der Waals surface area contributed by atoms with Crippen LogP contribution in [0.1, 0.15) is 13.3 Å². The van der Waals surface area contributed by atoms with E-state index in [1.165, 1.54) is 0 Å². The molecule has 134 valence electrons. The molecule has 1 unspecified atom stereocenters. The number of benzene rings is 1. The van der Waals surface area contributed by atoms with E-state index in [1.54, 1.807) is 14.2 Å². The lowest BCUT2D eigenvalue weighted by molar-refractivity contribution is -0.133. The molecule has 1 heterocycles. The minimum Gasteiger partial charge on any atom is -0.497 e. The molecule has 1 aromatic carbocycles. The van der Waals surface area contributed by atoms with Crippen molar-refractivity contribution in [2.75, 3.05) is 58.9 Å². The van der Waals surface area contributed by atoms with Crippen LogP contribution in [0.25, 0.3) is 0 Å². The molecule has 1 N–H and O–H groups in total. The van der Waals surface area contributed by atoms with E-state index >= 15 is 0 Å². The highest BCUT2D eigenvalue weighted by Crippen LogP contribution is 2.19. The number of piperazine rings is 1. The van der Waals surface area contributed by atoms with Gasteiger partial charge in [-0.1, -0.05) is 13.0 Å². The Hall–Kier alpha value is -1.79. The third-order valence-electron chi connectivity index (χ3n) is 4.41. The first-order chi connectivity index (χ1) is 11.7. The van der Waals surface area contributed by atoms with Crippen LogP contribution in [-0.2, 0) is 9.53 Å². The molecule has 1 saturated heterocycles. The molecular formula is C18H29N3O3. The van der Waals surface area contributed by atoms with Crippen LogP contribution in [0.4, 0.5) is 5.69 Å². The van der Waals surface area contributed by atoms with E-state index < -0.39 is 0 Å². The fourth-order valence-corrected chi connectivity index (χ4v) is 2.89. The van der Waals surface area contributed by atoms with Crippen molar-refractivity contribution in [2.24, 2.45) is 0 Å². The van der Waals surface area contributed by atoms with Crippen LogP contribution < -0.4 is 10.1 Å². The Balaban J connectivity index is 1.89. The molecule has 0 aromatic heterocycles. The van der Waals surface area contributed by atoms with Gasteiger partial charge < -0.3 is 19.7 Å². The maximum absolute atomic E-state index is 12.8. The van der Waals surface area contributed by atoms with Crippen molar-refractivity contribution in [1.29, 1.82) is 0 Å². The first-order valence-corrected chi connectivity index (χ1v) is 8.58. The normalized spacial score (nSPS) is 16.7. The van der Waals surface area contributed by atoms with E-state index in [0.717, 1.165) is 57.2 Å². The summed E-state index contributed by atoms with van der Waals surface area (Å²) in [5, 5.41) is 3.34. The Labute approximate surface area is 144 Å². The van der Waals surface area contributed by atoms with E-state index in [2.05, 4.69) is 10.2 Å². The van der Waals surface area contributed by atoms with Crippen molar-refractivity contribution in [2.45, 2.75) is 19.4 Å². The number of hydrogen-bond acceptors (Lipinski definition) is 5. The summed E-state index contributed by atoms with van der Waals surface area (Å²) in [6.45, 7) is 7.07. The SMILES string of the molecule is CCC(Nc1cccc(OC)c1)C(=O)N1CCN(CCOC)CC1. The van der Waals surface area contributed by atoms with Crippen LogP contribution in [0.3, 0.4) is 0 Å². The van der Waals surface area contributed by atoms with Crippen LogP contribution in [-0.4, -0.2) is 75.3 Å². The van der Waals surface area contributed by atoms with Gasteiger partial charge in [-0.05, 0) is 18.6 Å². The van der Waals surface area contributed by atoms with Crippen molar-refractivity contribution in [1.82, 2.24) is 9.80 Å². The number of hydrogen-bond donors (Lipinski definition) is 1. The van der Waals surface area contributed by atoms with Gasteiger partial charge in [0.25, 0.3) is 0 Å². The van der Waals surface area contributed by atoms with Crippen LogP contribution >= 0.6 is 0 Å². The van der Waals surface area contributed by atoms with Crippen molar-refractivity contribution in [3.8, 4) is 5.75 Å². The van der Waals surface area contributed by atoms with Gasteiger partial charge in [0, 0.05) is 51.6 Å². The molecule has 1 aliphatic rings. The Morgan fingerprint density at radius 3 is 2.62 bits per heavy atom. The average molecular weight is 335 g/mol. The molecule has 1 atom stereocenters. The van der Waals surface area contributed by atoms with Crippen molar-refractivity contribution >= 4 is 11.6 Å². The molecule has 0 radical (unpaired) electrons. The van der Waals surface area contributed by atoms with Crippen molar-refractivity contribution < 1.29 is 14.3 Å². The van der Waals surface area contributed by atoms with Gasteiger partial charge in [0.2, 0.25) is 5.91 Å². The minimum atomic E-state index is -0.206. The topological polar surface area (TPSA) is 54.0 Å². The highest BCUT2D eigenvalue weighted by molar-refractivity contribution is 5.84. The highest BCUT2D eigenvalue weighted by atomic mass is 16.5. The molecule has 1 aromatic rings. The lowest BCUT2D eigenvalue weighted by Gasteiger charge is -2.36. The van der Waals surface area contributed by atoms with Crippen LogP contribution in [0.5, 0.6) is 5.75 Å². The molecule has 1 amide bonds. The first kappa shape index (κ1) is 18.5. The summed E-state index contributed by atoms with van der Waals surface area (Å²) in [6.07, 6.45) is 0.750. The number of carbonyl (C=O) groups excluding carboxylic acids is 1. The number of methoxy groups -OCH3 is 2. The molecule has 6 heteroatoms. The predicted molar refractivity (Wildman–Crippen MR) is 95.6 cm³/mol. The largest absolute Gasteiger partial charge is 0.497 e. The number of amides is 1. The Morgan fingerprint density at radius 1 is 1.25 bits per heavy atom. The van der Waals surface area contributed by atoms with Gasteiger partial charge in [0.15, 0.2) is 0 Å². The smallest absolute Gasteiger partial charge is 0.245 e. The number of nitrogens with one attached hydrogen (secondary N) is 1. The third-order valence-corrected chi connectivity index (χ3v) is 4.41. The molecule has 0 spiro atoms. The Morgan fingerprint density at radius 2 is 2.00 bits per heavy atom. The third kappa shape index (κ3) is 5.11. The first-order valence-electron chi connectivity index (χ1n) is 8.58. The minimum absolute atomic E-state index is 0.173. The van der Waals surface area contributed by atoms with Gasteiger partial charge in [-0.3, -0.25) is 9.69 Å².